The maximum absolute atomic E-state index is 12.3. The van der Waals surface area contributed by atoms with E-state index in [1.54, 1.807) is 11.8 Å². The molecule has 2 aromatic carbocycles. The minimum Gasteiger partial charge on any atom is -0.475 e. The smallest absolute Gasteiger partial charge is 0.475 e. The van der Waals surface area contributed by atoms with Gasteiger partial charge in [-0.15, -0.1) is 0 Å². The number of aromatic amines is 2. The van der Waals surface area contributed by atoms with Crippen molar-refractivity contribution >= 4 is 57.4 Å². The highest BCUT2D eigenvalue weighted by Crippen LogP contribution is 2.27. The van der Waals surface area contributed by atoms with Crippen LogP contribution in [0.4, 0.5) is 18.0 Å². The van der Waals surface area contributed by atoms with E-state index < -0.39 is 17.7 Å². The Kier molecular flexibility index (Phi) is 16.2. The summed E-state index contributed by atoms with van der Waals surface area (Å²) in [4.78, 5) is 62.6. The van der Waals surface area contributed by atoms with Crippen molar-refractivity contribution in [2.75, 3.05) is 26.2 Å². The summed E-state index contributed by atoms with van der Waals surface area (Å²) in [6.07, 6.45) is 1.28. The van der Waals surface area contributed by atoms with Gasteiger partial charge in [0.05, 0.1) is 33.3 Å². The van der Waals surface area contributed by atoms with E-state index in [0.29, 0.717) is 39.4 Å². The van der Waals surface area contributed by atoms with E-state index in [4.69, 9.17) is 14.6 Å². The molecule has 0 bridgehead atoms. The Bertz CT molecular complexity index is 2060. The third kappa shape index (κ3) is 13.8. The van der Waals surface area contributed by atoms with Crippen LogP contribution in [0.25, 0.3) is 21.8 Å². The van der Waals surface area contributed by atoms with Gasteiger partial charge in [0, 0.05) is 23.6 Å². The van der Waals surface area contributed by atoms with Crippen LogP contribution in [0.1, 0.15) is 82.1 Å². The van der Waals surface area contributed by atoms with Gasteiger partial charge in [-0.05, 0) is 109 Å². The predicted molar refractivity (Wildman–Crippen MR) is 216 cm³/mol. The second-order valence-corrected chi connectivity index (χ2v) is 17.3. The zero-order valence-corrected chi connectivity index (χ0v) is 34.0. The van der Waals surface area contributed by atoms with Gasteiger partial charge in [0.15, 0.2) is 0 Å². The van der Waals surface area contributed by atoms with E-state index in [2.05, 4.69) is 25.3 Å². The van der Waals surface area contributed by atoms with Crippen LogP contribution in [0, 0.1) is 13.8 Å². The molecule has 2 fully saturated rings. The lowest BCUT2D eigenvalue weighted by Crippen LogP contribution is -2.37. The highest BCUT2D eigenvalue weighted by Gasteiger charge is 2.38. The number of para-hydroxylation sites is 2. The third-order valence-corrected chi connectivity index (χ3v) is 11.7. The molecule has 1 amide bonds. The van der Waals surface area contributed by atoms with Crippen LogP contribution in [0.5, 0.6) is 0 Å². The van der Waals surface area contributed by atoms with Crippen LogP contribution in [0.2, 0.25) is 0 Å². The number of carbonyl (C=O) groups excluding carboxylic acids is 1. The van der Waals surface area contributed by atoms with E-state index in [0.717, 1.165) is 72.6 Å². The van der Waals surface area contributed by atoms with Crippen molar-refractivity contribution in [3.8, 4) is 0 Å². The van der Waals surface area contributed by atoms with E-state index in [9.17, 15) is 27.6 Å². The maximum atomic E-state index is 12.3. The Morgan fingerprint density at radius 2 is 1.30 bits per heavy atom. The second kappa shape index (κ2) is 20.4. The van der Waals surface area contributed by atoms with Gasteiger partial charge in [-0.25, -0.2) is 19.6 Å². The molecule has 2 aliphatic heterocycles. The van der Waals surface area contributed by atoms with Crippen LogP contribution in [0.3, 0.4) is 0 Å². The zero-order valence-electron chi connectivity index (χ0n) is 32.4. The zero-order chi connectivity index (χ0) is 41.0. The van der Waals surface area contributed by atoms with Gasteiger partial charge in [-0.1, -0.05) is 24.3 Å². The number of carbonyl (C=O) groups is 2. The second-order valence-electron chi connectivity index (χ2n) is 14.7. The van der Waals surface area contributed by atoms with Crippen LogP contribution in [-0.2, 0) is 21.0 Å². The number of aliphatic carboxylic acids is 1. The van der Waals surface area contributed by atoms with Gasteiger partial charge in [0.25, 0.3) is 11.1 Å². The molecular weight excluding hydrogens is 770 g/mol. The lowest BCUT2D eigenvalue weighted by Gasteiger charge is -2.26. The van der Waals surface area contributed by atoms with Gasteiger partial charge in [-0.2, -0.15) is 36.7 Å². The van der Waals surface area contributed by atoms with Crippen molar-refractivity contribution in [3.05, 3.63) is 79.9 Å². The quantitative estimate of drug-likeness (QED) is 0.152. The average molecular weight is 821 g/mol. The molecule has 4 aromatic rings. The molecule has 0 radical (unpaired) electrons. The molecule has 0 spiro atoms. The summed E-state index contributed by atoms with van der Waals surface area (Å²) in [7, 11) is 0. The number of aromatic nitrogens is 4. The maximum Gasteiger partial charge on any atom is 0.490 e. The molecule has 2 aliphatic rings. The Hall–Kier alpha value is -4.09. The number of nitrogens with one attached hydrogen (secondary N) is 3. The van der Waals surface area contributed by atoms with Gasteiger partial charge < -0.3 is 30.0 Å². The number of benzene rings is 2. The minimum atomic E-state index is -5.08. The van der Waals surface area contributed by atoms with Crippen molar-refractivity contribution in [2.24, 2.45) is 0 Å². The topological polar surface area (TPSA) is 170 Å². The van der Waals surface area contributed by atoms with Gasteiger partial charge in [0.2, 0.25) is 0 Å². The highest BCUT2D eigenvalue weighted by atomic mass is 32.2. The number of rotatable bonds is 6. The molecule has 2 aromatic heterocycles. The fourth-order valence-electron chi connectivity index (χ4n) is 6.13. The molecule has 4 N–H and O–H groups in total. The number of hydrogen-bond donors (Lipinski definition) is 4. The first-order valence-electron chi connectivity index (χ1n) is 18.6. The summed E-state index contributed by atoms with van der Waals surface area (Å²) in [6, 6.07) is 11.4. The SMILES string of the molecule is Cc1cccc2c(=O)[nH]c(CSC3CCCN(C(=O)OC(C)(C)C)CC3)nc12.Cc1cccc2c(=O)[nH]c(CSC3CCCNCC3)nc12.O=C(O)C(F)(F)F. The first kappa shape index (κ1) is 44.6. The van der Waals surface area contributed by atoms with E-state index in [-0.39, 0.29) is 17.2 Å². The predicted octanol–water partition coefficient (Wildman–Crippen LogP) is 7.49. The number of likely N-dealkylation sites (tertiary alicyclic amines) is 1. The first-order chi connectivity index (χ1) is 26.4. The number of aryl methyl sites for hydroxylation is 2. The molecular formula is C39H51F3N6O6S2. The standard InChI is InChI=1S/C21H29N3O3S.C16H21N3OS.C2HF3O2/c1-14-7-5-9-16-18(14)22-17(23-19(16)25)13-28-15-8-6-11-24(12-10-15)20(26)27-21(2,3)4;1-11-4-2-6-13-15(11)18-14(19-16(13)20)10-21-12-5-3-8-17-9-7-12;3-2(4,5)1(6)7/h5,7,9,15H,6,8,10-13H2,1-4H3,(H,22,23,25);2,4,6,12,17H,3,5,7-10H2,1H3,(H,18,19,20);(H,6,7). The summed E-state index contributed by atoms with van der Waals surface area (Å²) in [5, 5.41) is 13.0. The van der Waals surface area contributed by atoms with Crippen molar-refractivity contribution in [2.45, 2.75) is 107 Å². The number of nitrogens with zero attached hydrogens (tertiary/aromatic N) is 3. The molecule has 2 saturated heterocycles. The number of alkyl halides is 3. The normalized spacial score (nSPS) is 17.8. The number of hydrogen-bond acceptors (Lipinski definition) is 10. The number of halogens is 3. The Morgan fingerprint density at radius 3 is 1.80 bits per heavy atom. The number of carboxylic acid groups (broad SMARTS) is 1. The lowest BCUT2D eigenvalue weighted by atomic mass is 10.1. The summed E-state index contributed by atoms with van der Waals surface area (Å²) >= 11 is 3.72. The lowest BCUT2D eigenvalue weighted by molar-refractivity contribution is -0.192. The summed E-state index contributed by atoms with van der Waals surface area (Å²) in [5.41, 5.74) is 3.10. The molecule has 56 heavy (non-hydrogen) atoms. The molecule has 2 atom stereocenters. The Morgan fingerprint density at radius 1 is 0.804 bits per heavy atom. The van der Waals surface area contributed by atoms with E-state index in [1.165, 1.54) is 19.3 Å². The molecule has 2 unspecified atom stereocenters. The molecule has 17 heteroatoms. The number of thioether (sulfide) groups is 2. The molecule has 0 saturated carbocycles. The fraction of sp³-hybridized carbons (Fsp3) is 0.538. The highest BCUT2D eigenvalue weighted by molar-refractivity contribution is 7.99. The third-order valence-electron chi connectivity index (χ3n) is 8.98. The summed E-state index contributed by atoms with van der Waals surface area (Å²) in [5.74, 6) is 0.197. The number of fused-ring (bicyclic) bond motifs is 2. The minimum absolute atomic E-state index is 0.0261. The van der Waals surface area contributed by atoms with E-state index in [1.807, 2.05) is 87.7 Å². The first-order valence-corrected chi connectivity index (χ1v) is 20.7. The summed E-state index contributed by atoms with van der Waals surface area (Å²) in [6.45, 7) is 13.3. The number of carboxylic acids is 1. The fourth-order valence-corrected chi connectivity index (χ4v) is 8.41. The monoisotopic (exact) mass is 820 g/mol. The molecule has 6 rings (SSSR count). The average Bonchev–Trinajstić information content (AvgIpc) is 3.54. The van der Waals surface area contributed by atoms with Gasteiger partial charge in [0.1, 0.15) is 17.2 Å². The van der Waals surface area contributed by atoms with Crippen LogP contribution in [0.15, 0.2) is 46.0 Å². The van der Waals surface area contributed by atoms with Crippen molar-refractivity contribution in [1.29, 1.82) is 0 Å². The van der Waals surface area contributed by atoms with Crippen LogP contribution >= 0.6 is 23.5 Å². The van der Waals surface area contributed by atoms with Crippen LogP contribution < -0.4 is 16.4 Å². The van der Waals surface area contributed by atoms with Gasteiger partial charge in [-0.3, -0.25) is 9.59 Å². The van der Waals surface area contributed by atoms with Crippen molar-refractivity contribution in [3.63, 3.8) is 0 Å². The van der Waals surface area contributed by atoms with Gasteiger partial charge >= 0.3 is 18.2 Å². The molecule has 0 aliphatic carbocycles. The molecule has 4 heterocycles. The van der Waals surface area contributed by atoms with E-state index >= 15 is 0 Å². The van der Waals surface area contributed by atoms with Crippen molar-refractivity contribution in [1.82, 2.24) is 30.2 Å². The number of amides is 1. The van der Waals surface area contributed by atoms with Crippen LogP contribution in [-0.4, -0.2) is 90.5 Å². The number of ether oxygens (including phenoxy) is 1. The molecule has 12 nitrogen and oxygen atoms in total. The number of H-pyrrole nitrogens is 2. The summed E-state index contributed by atoms with van der Waals surface area (Å²) < 4.78 is 37.2. The largest absolute Gasteiger partial charge is 0.490 e. The Labute approximate surface area is 332 Å². The molecule has 306 valence electrons. The Balaban J connectivity index is 0.000000218. The van der Waals surface area contributed by atoms with Crippen molar-refractivity contribution < 1.29 is 32.6 Å².